The summed E-state index contributed by atoms with van der Waals surface area (Å²) in [5.41, 5.74) is 9.41. The Hall–Kier alpha value is -4.56. The van der Waals surface area contributed by atoms with E-state index in [9.17, 15) is 9.59 Å². The molecule has 2 aromatic heterocycles. The largest absolute Gasteiger partial charge is 0.325 e. The summed E-state index contributed by atoms with van der Waals surface area (Å²) in [7, 11) is 1.59. The molecule has 0 aliphatic carbocycles. The summed E-state index contributed by atoms with van der Waals surface area (Å²) >= 11 is 0. The molecule has 2 heterocycles. The Labute approximate surface area is 206 Å². The molecule has 1 unspecified atom stereocenters. The van der Waals surface area contributed by atoms with Gasteiger partial charge in [0.2, 0.25) is 5.91 Å². The number of nitrogens with two attached hydrogens (primary N) is 1. The normalized spacial score (nSPS) is 12.1. The lowest BCUT2D eigenvalue weighted by Gasteiger charge is -2.24. The number of aromatic nitrogens is 3. The number of hydrogen-bond acceptors (Lipinski definition) is 4. The fraction of sp³-hybridized carbons (Fsp3) is 0.107. The molecule has 0 radical (unpaired) electrons. The SMILES string of the molecule is Cn1cc(-c2ccc(NC(=O)C(N)C(c3ccccc3)c3ccccc3)cc2F)c2cn[nH]c2c1=O. The van der Waals surface area contributed by atoms with Crippen LogP contribution in [-0.4, -0.2) is 26.7 Å². The van der Waals surface area contributed by atoms with Crippen molar-refractivity contribution in [3.63, 3.8) is 0 Å². The molecule has 0 bridgehead atoms. The van der Waals surface area contributed by atoms with Crippen LogP contribution in [0, 0.1) is 5.82 Å². The lowest BCUT2D eigenvalue weighted by atomic mass is 9.85. The molecule has 7 nitrogen and oxygen atoms in total. The Morgan fingerprint density at radius 1 is 1.00 bits per heavy atom. The van der Waals surface area contributed by atoms with Crippen LogP contribution in [0.5, 0.6) is 0 Å². The molecule has 0 fully saturated rings. The van der Waals surface area contributed by atoms with E-state index in [2.05, 4.69) is 15.5 Å². The molecular formula is C28H24FN5O2. The predicted molar refractivity (Wildman–Crippen MR) is 138 cm³/mol. The average molecular weight is 482 g/mol. The van der Waals surface area contributed by atoms with Gasteiger partial charge in [-0.3, -0.25) is 14.7 Å². The number of H-pyrrole nitrogens is 1. The van der Waals surface area contributed by atoms with Gasteiger partial charge >= 0.3 is 0 Å². The van der Waals surface area contributed by atoms with E-state index in [1.165, 1.54) is 16.8 Å². The number of carbonyl (C=O) groups is 1. The number of carbonyl (C=O) groups excluding carboxylic acids is 1. The molecule has 5 aromatic rings. The Kier molecular flexibility index (Phi) is 6.18. The van der Waals surface area contributed by atoms with Crippen LogP contribution in [0.4, 0.5) is 10.1 Å². The minimum Gasteiger partial charge on any atom is -0.325 e. The summed E-state index contributed by atoms with van der Waals surface area (Å²) in [4.78, 5) is 25.5. The van der Waals surface area contributed by atoms with Gasteiger partial charge in [0.25, 0.3) is 5.56 Å². The van der Waals surface area contributed by atoms with Crippen LogP contribution >= 0.6 is 0 Å². The van der Waals surface area contributed by atoms with Crippen molar-refractivity contribution in [2.24, 2.45) is 12.8 Å². The van der Waals surface area contributed by atoms with Crippen molar-refractivity contribution < 1.29 is 9.18 Å². The molecule has 5 rings (SSSR count). The maximum Gasteiger partial charge on any atom is 0.276 e. The molecular weight excluding hydrogens is 457 g/mol. The van der Waals surface area contributed by atoms with E-state index < -0.39 is 17.8 Å². The zero-order valence-corrected chi connectivity index (χ0v) is 19.5. The first-order valence-electron chi connectivity index (χ1n) is 11.4. The van der Waals surface area contributed by atoms with Gasteiger partial charge in [-0.25, -0.2) is 4.39 Å². The maximum absolute atomic E-state index is 15.2. The highest BCUT2D eigenvalue weighted by Gasteiger charge is 2.28. The standard InChI is InChI=1S/C28H24FN5O2/c1-34-16-22(21-15-31-33-26(21)28(34)36)20-13-12-19(14-23(20)29)32-27(35)25(30)24(17-8-4-2-5-9-17)18-10-6-3-7-11-18/h2-16,24-25H,30H2,1H3,(H,31,33)(H,32,35). The number of aromatic amines is 1. The van der Waals surface area contributed by atoms with Crippen molar-refractivity contribution in [1.29, 1.82) is 0 Å². The Balaban J connectivity index is 1.43. The van der Waals surface area contributed by atoms with Gasteiger partial charge < -0.3 is 15.6 Å². The Morgan fingerprint density at radius 3 is 2.25 bits per heavy atom. The first kappa shape index (κ1) is 23.2. The molecule has 0 aliphatic rings. The van der Waals surface area contributed by atoms with Crippen LogP contribution in [0.1, 0.15) is 17.0 Å². The number of hydrogen-bond donors (Lipinski definition) is 3. The second-order valence-electron chi connectivity index (χ2n) is 8.63. The van der Waals surface area contributed by atoms with Gasteiger partial charge in [-0.05, 0) is 29.3 Å². The Morgan fingerprint density at radius 2 is 1.64 bits per heavy atom. The third kappa shape index (κ3) is 4.30. The highest BCUT2D eigenvalue weighted by atomic mass is 19.1. The van der Waals surface area contributed by atoms with E-state index >= 15 is 4.39 Å². The number of halogens is 1. The molecule has 0 aliphatic heterocycles. The van der Waals surface area contributed by atoms with E-state index in [1.54, 1.807) is 25.4 Å². The van der Waals surface area contributed by atoms with Crippen LogP contribution in [0.3, 0.4) is 0 Å². The zero-order chi connectivity index (χ0) is 25.2. The average Bonchev–Trinajstić information content (AvgIpc) is 3.38. The topological polar surface area (TPSA) is 106 Å². The number of aryl methyl sites for hydroxylation is 1. The van der Waals surface area contributed by atoms with Crippen molar-refractivity contribution >= 4 is 22.5 Å². The second kappa shape index (κ2) is 9.59. The van der Waals surface area contributed by atoms with E-state index in [1.807, 2.05) is 60.7 Å². The van der Waals surface area contributed by atoms with Crippen molar-refractivity contribution in [3.8, 4) is 11.1 Å². The minimum absolute atomic E-state index is 0.254. The molecule has 1 amide bonds. The molecule has 8 heteroatoms. The van der Waals surface area contributed by atoms with Crippen molar-refractivity contribution in [2.75, 3.05) is 5.32 Å². The van der Waals surface area contributed by atoms with Crippen molar-refractivity contribution in [1.82, 2.24) is 14.8 Å². The van der Waals surface area contributed by atoms with Gasteiger partial charge in [-0.15, -0.1) is 0 Å². The fourth-order valence-corrected chi connectivity index (χ4v) is 4.48. The third-order valence-electron chi connectivity index (χ3n) is 6.29. The molecule has 36 heavy (non-hydrogen) atoms. The number of nitrogens with zero attached hydrogens (tertiary/aromatic N) is 2. The van der Waals surface area contributed by atoms with E-state index in [-0.39, 0.29) is 22.7 Å². The summed E-state index contributed by atoms with van der Waals surface area (Å²) in [5, 5.41) is 9.87. The van der Waals surface area contributed by atoms with Gasteiger partial charge in [0.1, 0.15) is 11.3 Å². The second-order valence-corrected chi connectivity index (χ2v) is 8.63. The van der Waals surface area contributed by atoms with Crippen molar-refractivity contribution in [3.05, 3.63) is 119 Å². The number of anilines is 1. The van der Waals surface area contributed by atoms with Crippen molar-refractivity contribution in [2.45, 2.75) is 12.0 Å². The number of rotatable bonds is 6. The minimum atomic E-state index is -0.910. The highest BCUT2D eigenvalue weighted by molar-refractivity contribution is 5.97. The summed E-state index contributed by atoms with van der Waals surface area (Å²) < 4.78 is 16.6. The number of amides is 1. The number of pyridine rings is 1. The van der Waals surface area contributed by atoms with Gasteiger partial charge in [0.05, 0.1) is 12.2 Å². The molecule has 3 aromatic carbocycles. The first-order valence-corrected chi connectivity index (χ1v) is 11.4. The van der Waals surface area contributed by atoms with Crippen LogP contribution in [0.2, 0.25) is 0 Å². The third-order valence-corrected chi connectivity index (χ3v) is 6.29. The summed E-state index contributed by atoms with van der Waals surface area (Å²) in [6.07, 6.45) is 3.06. The first-order chi connectivity index (χ1) is 17.4. The van der Waals surface area contributed by atoms with Gasteiger partial charge in [0, 0.05) is 41.4 Å². The summed E-state index contributed by atoms with van der Waals surface area (Å²) in [6.45, 7) is 0. The van der Waals surface area contributed by atoms with E-state index in [0.29, 0.717) is 16.5 Å². The number of fused-ring (bicyclic) bond motifs is 1. The van der Waals surface area contributed by atoms with E-state index in [0.717, 1.165) is 11.1 Å². The lowest BCUT2D eigenvalue weighted by Crippen LogP contribution is -2.41. The van der Waals surface area contributed by atoms with Gasteiger partial charge in [-0.1, -0.05) is 60.7 Å². The van der Waals surface area contributed by atoms with Crippen LogP contribution in [0.15, 0.2) is 96.1 Å². The molecule has 0 saturated carbocycles. The highest BCUT2D eigenvalue weighted by Crippen LogP contribution is 2.31. The Bertz CT molecular complexity index is 1560. The molecule has 180 valence electrons. The lowest BCUT2D eigenvalue weighted by molar-refractivity contribution is -0.117. The molecule has 0 spiro atoms. The zero-order valence-electron chi connectivity index (χ0n) is 19.5. The van der Waals surface area contributed by atoms with Crippen LogP contribution in [0.25, 0.3) is 22.0 Å². The summed E-state index contributed by atoms with van der Waals surface area (Å²) in [6, 6.07) is 22.7. The number of nitrogens with one attached hydrogen (secondary N) is 2. The van der Waals surface area contributed by atoms with Crippen LogP contribution in [-0.2, 0) is 11.8 Å². The fourth-order valence-electron chi connectivity index (χ4n) is 4.48. The van der Waals surface area contributed by atoms with E-state index in [4.69, 9.17) is 5.73 Å². The monoisotopic (exact) mass is 481 g/mol. The quantitative estimate of drug-likeness (QED) is 0.339. The number of benzene rings is 3. The molecule has 1 atom stereocenters. The molecule has 4 N–H and O–H groups in total. The summed E-state index contributed by atoms with van der Waals surface area (Å²) in [5.74, 6) is -1.36. The molecule has 0 saturated heterocycles. The maximum atomic E-state index is 15.2. The predicted octanol–water partition coefficient (Wildman–Crippen LogP) is 4.17. The van der Waals surface area contributed by atoms with Gasteiger partial charge in [0.15, 0.2) is 0 Å². The van der Waals surface area contributed by atoms with Crippen LogP contribution < -0.4 is 16.6 Å². The van der Waals surface area contributed by atoms with Gasteiger partial charge in [-0.2, -0.15) is 5.10 Å². The smallest absolute Gasteiger partial charge is 0.276 e.